The fourth-order valence-electron chi connectivity index (χ4n) is 4.68. The number of rotatable bonds is 6. The van der Waals surface area contributed by atoms with E-state index in [4.69, 9.17) is 15.2 Å². The van der Waals surface area contributed by atoms with Gasteiger partial charge in [0.1, 0.15) is 17.7 Å². The third-order valence-corrected chi connectivity index (χ3v) is 6.73. The molecule has 2 aromatic heterocycles. The van der Waals surface area contributed by atoms with E-state index < -0.39 is 36.6 Å². The van der Waals surface area contributed by atoms with Crippen LogP contribution in [-0.2, 0) is 19.0 Å². The Hall–Kier alpha value is -3.47. The van der Waals surface area contributed by atoms with Crippen molar-refractivity contribution in [3.8, 4) is 11.8 Å². The first-order valence-electron chi connectivity index (χ1n) is 12.3. The van der Waals surface area contributed by atoms with Crippen molar-refractivity contribution < 1.29 is 34.0 Å². The summed E-state index contributed by atoms with van der Waals surface area (Å²) in [6.07, 6.45) is 0.0896. The van der Waals surface area contributed by atoms with E-state index in [-0.39, 0.29) is 17.3 Å². The van der Waals surface area contributed by atoms with Crippen LogP contribution in [0.3, 0.4) is 0 Å². The van der Waals surface area contributed by atoms with Crippen molar-refractivity contribution in [1.29, 1.82) is 0 Å². The van der Waals surface area contributed by atoms with Crippen LogP contribution in [0.4, 0.5) is 10.6 Å². The smallest absolute Gasteiger partial charge is 0.438 e. The van der Waals surface area contributed by atoms with Crippen molar-refractivity contribution in [2.75, 3.05) is 26.0 Å². The van der Waals surface area contributed by atoms with E-state index in [0.717, 1.165) is 25.7 Å². The number of amides is 1. The average Bonchev–Trinajstić information content (AvgIpc) is 3.44. The Balaban J connectivity index is 1.42. The standard InChI is InChI=1S/C24H32N6O7/c1-3-26-22(33)19-17(31)18(32)23(37-19)30-12-27-16-20(25)28-15(29-21(16)30)6-4-5-13-7-9-14(10-8-13)11-36-24(34)35-2/h12-14,17-19,23,31-32H,3,5,7-11H2,1-2H3,(H,26,33)(H2,25,28,29). The fraction of sp³-hybridized carbons (Fsp3) is 0.625. The van der Waals surface area contributed by atoms with Crippen molar-refractivity contribution >= 4 is 29.0 Å². The zero-order chi connectivity index (χ0) is 26.5. The molecule has 2 aromatic rings. The van der Waals surface area contributed by atoms with Gasteiger partial charge in [-0.05, 0) is 50.4 Å². The summed E-state index contributed by atoms with van der Waals surface area (Å²) in [7, 11) is 1.29. The molecule has 13 heteroatoms. The van der Waals surface area contributed by atoms with Crippen molar-refractivity contribution in [3.63, 3.8) is 0 Å². The van der Waals surface area contributed by atoms with Gasteiger partial charge in [-0.25, -0.2) is 19.7 Å². The van der Waals surface area contributed by atoms with Gasteiger partial charge in [0.15, 0.2) is 23.8 Å². The first-order chi connectivity index (χ1) is 17.8. The van der Waals surface area contributed by atoms with E-state index in [1.807, 2.05) is 0 Å². The molecule has 2 aliphatic rings. The lowest BCUT2D eigenvalue weighted by Crippen LogP contribution is -2.42. The summed E-state index contributed by atoms with van der Waals surface area (Å²) >= 11 is 0. The molecular weight excluding hydrogens is 484 g/mol. The molecule has 4 rings (SSSR count). The minimum atomic E-state index is -1.42. The van der Waals surface area contributed by atoms with E-state index in [1.165, 1.54) is 18.0 Å². The molecule has 1 saturated heterocycles. The molecule has 4 atom stereocenters. The highest BCUT2D eigenvalue weighted by molar-refractivity contribution is 5.83. The van der Waals surface area contributed by atoms with E-state index in [9.17, 15) is 19.8 Å². The number of carbonyl (C=O) groups is 2. The molecule has 0 aromatic carbocycles. The number of likely N-dealkylation sites (N-methyl/N-ethyl adjacent to an activating group) is 1. The summed E-state index contributed by atoms with van der Waals surface area (Å²) in [5, 5.41) is 23.5. The summed E-state index contributed by atoms with van der Waals surface area (Å²) < 4.78 is 16.7. The molecule has 2 fully saturated rings. The zero-order valence-corrected chi connectivity index (χ0v) is 20.8. The number of ether oxygens (including phenoxy) is 3. The second kappa shape index (κ2) is 11.7. The topological polar surface area (TPSA) is 184 Å². The van der Waals surface area contributed by atoms with E-state index in [1.54, 1.807) is 6.92 Å². The maximum atomic E-state index is 12.2. The van der Waals surface area contributed by atoms with Crippen LogP contribution in [-0.4, -0.2) is 80.4 Å². The third-order valence-electron chi connectivity index (χ3n) is 6.73. The summed E-state index contributed by atoms with van der Waals surface area (Å²) in [6.45, 7) is 2.47. The number of carbonyl (C=O) groups excluding carboxylic acids is 2. The van der Waals surface area contributed by atoms with Gasteiger partial charge in [0.2, 0.25) is 5.82 Å². The monoisotopic (exact) mass is 516 g/mol. The van der Waals surface area contributed by atoms with Crippen LogP contribution >= 0.6 is 0 Å². The van der Waals surface area contributed by atoms with Crippen molar-refractivity contribution in [2.24, 2.45) is 11.8 Å². The predicted molar refractivity (Wildman–Crippen MR) is 130 cm³/mol. The highest BCUT2D eigenvalue weighted by Crippen LogP contribution is 2.33. The molecule has 0 bridgehead atoms. The number of imidazole rings is 1. The maximum absolute atomic E-state index is 12.2. The van der Waals surface area contributed by atoms with Crippen LogP contribution in [0.1, 0.15) is 51.1 Å². The molecule has 13 nitrogen and oxygen atoms in total. The Morgan fingerprint density at radius 1 is 1.22 bits per heavy atom. The minimum absolute atomic E-state index is 0.118. The molecule has 0 spiro atoms. The number of aromatic nitrogens is 4. The third kappa shape index (κ3) is 5.93. The van der Waals surface area contributed by atoms with Crippen LogP contribution in [0.15, 0.2) is 6.33 Å². The van der Waals surface area contributed by atoms with E-state index in [0.29, 0.717) is 36.9 Å². The molecule has 37 heavy (non-hydrogen) atoms. The van der Waals surface area contributed by atoms with Crippen molar-refractivity contribution in [3.05, 3.63) is 12.2 Å². The number of nitrogen functional groups attached to an aromatic ring is 1. The number of fused-ring (bicyclic) bond motifs is 1. The van der Waals surface area contributed by atoms with Gasteiger partial charge < -0.3 is 35.5 Å². The number of hydrogen-bond acceptors (Lipinski definition) is 11. The Bertz CT molecular complexity index is 1180. The molecule has 200 valence electrons. The van der Waals surface area contributed by atoms with Gasteiger partial charge in [-0.2, -0.15) is 0 Å². The second-order valence-corrected chi connectivity index (χ2v) is 9.24. The highest BCUT2D eigenvalue weighted by Gasteiger charge is 2.47. The normalized spacial score (nSPS) is 27.4. The lowest BCUT2D eigenvalue weighted by molar-refractivity contribution is -0.137. The van der Waals surface area contributed by atoms with Gasteiger partial charge in [0.25, 0.3) is 5.91 Å². The van der Waals surface area contributed by atoms with E-state index >= 15 is 0 Å². The minimum Gasteiger partial charge on any atom is -0.438 e. The lowest BCUT2D eigenvalue weighted by Gasteiger charge is -2.26. The highest BCUT2D eigenvalue weighted by atomic mass is 16.7. The number of aliphatic hydroxyl groups excluding tert-OH is 2. The molecule has 0 radical (unpaired) electrons. The van der Waals surface area contributed by atoms with Gasteiger partial charge >= 0.3 is 6.16 Å². The quantitative estimate of drug-likeness (QED) is 0.309. The van der Waals surface area contributed by atoms with Crippen LogP contribution in [0, 0.1) is 23.7 Å². The van der Waals surface area contributed by atoms with Gasteiger partial charge in [-0.15, -0.1) is 0 Å². The number of nitrogens with one attached hydrogen (secondary N) is 1. The molecule has 5 N–H and O–H groups in total. The number of nitrogens with zero attached hydrogens (tertiary/aromatic N) is 4. The SMILES string of the molecule is CCNC(=O)C1OC(n2cnc3c(N)nc(C#CCC4CCC(COC(=O)OC)CC4)nc32)C(O)C1O. The molecular formula is C24H32N6O7. The van der Waals surface area contributed by atoms with Crippen LogP contribution in [0.5, 0.6) is 0 Å². The van der Waals surface area contributed by atoms with Crippen LogP contribution in [0.25, 0.3) is 11.2 Å². The Kier molecular flexibility index (Phi) is 8.42. The van der Waals surface area contributed by atoms with Crippen molar-refractivity contribution in [2.45, 2.75) is 63.6 Å². The Morgan fingerprint density at radius 3 is 2.65 bits per heavy atom. The first-order valence-corrected chi connectivity index (χ1v) is 12.3. The maximum Gasteiger partial charge on any atom is 0.507 e. The average molecular weight is 517 g/mol. The number of nitrogens with two attached hydrogens (primary N) is 1. The second-order valence-electron chi connectivity index (χ2n) is 9.24. The van der Waals surface area contributed by atoms with Gasteiger partial charge in [0, 0.05) is 13.0 Å². The summed E-state index contributed by atoms with van der Waals surface area (Å²) in [6, 6.07) is 0. The van der Waals surface area contributed by atoms with Gasteiger partial charge in [-0.1, -0.05) is 5.92 Å². The number of anilines is 1. The molecule has 1 saturated carbocycles. The molecule has 4 unspecified atom stereocenters. The number of aliphatic hydroxyl groups is 2. The summed E-state index contributed by atoms with van der Waals surface area (Å²) in [4.78, 5) is 36.2. The number of hydrogen-bond donors (Lipinski definition) is 4. The number of methoxy groups -OCH3 is 1. The molecule has 1 amide bonds. The van der Waals surface area contributed by atoms with Gasteiger partial charge in [-0.3, -0.25) is 9.36 Å². The van der Waals surface area contributed by atoms with Crippen LogP contribution in [0.2, 0.25) is 0 Å². The Labute approximate surface area is 213 Å². The van der Waals surface area contributed by atoms with Gasteiger partial charge in [0.05, 0.1) is 20.0 Å². The summed E-state index contributed by atoms with van der Waals surface area (Å²) in [5.41, 5.74) is 6.65. The Morgan fingerprint density at radius 2 is 1.95 bits per heavy atom. The largest absolute Gasteiger partial charge is 0.507 e. The van der Waals surface area contributed by atoms with Crippen LogP contribution < -0.4 is 11.1 Å². The zero-order valence-electron chi connectivity index (χ0n) is 20.8. The van der Waals surface area contributed by atoms with E-state index in [2.05, 4.69) is 36.8 Å². The fourth-order valence-corrected chi connectivity index (χ4v) is 4.68. The molecule has 1 aliphatic carbocycles. The molecule has 3 heterocycles. The predicted octanol–water partition coefficient (Wildman–Crippen LogP) is 0.495. The summed E-state index contributed by atoms with van der Waals surface area (Å²) in [5.74, 6) is 6.63. The molecule has 1 aliphatic heterocycles. The first kappa shape index (κ1) is 26.6. The lowest BCUT2D eigenvalue weighted by atomic mass is 9.81. The van der Waals surface area contributed by atoms with Crippen molar-refractivity contribution in [1.82, 2.24) is 24.8 Å².